The van der Waals surface area contributed by atoms with Crippen LogP contribution in [0.2, 0.25) is 0 Å². The number of para-hydroxylation sites is 2. The van der Waals surface area contributed by atoms with Crippen molar-refractivity contribution in [3.63, 3.8) is 0 Å². The van der Waals surface area contributed by atoms with Crippen molar-refractivity contribution in [1.82, 2.24) is 4.90 Å². The number of amides is 2. The first-order chi connectivity index (χ1) is 14.8. The van der Waals surface area contributed by atoms with Gasteiger partial charge in [-0.3, -0.25) is 24.2 Å². The van der Waals surface area contributed by atoms with E-state index >= 15 is 0 Å². The topological polar surface area (TPSA) is 73.0 Å². The molecule has 0 spiro atoms. The predicted molar refractivity (Wildman–Crippen MR) is 122 cm³/mol. The van der Waals surface area contributed by atoms with E-state index in [2.05, 4.69) is 15.1 Å². The van der Waals surface area contributed by atoms with Gasteiger partial charge < -0.3 is 10.2 Å². The number of benzene rings is 2. The summed E-state index contributed by atoms with van der Waals surface area (Å²) in [6.07, 6.45) is 0. The number of piperazine rings is 1. The van der Waals surface area contributed by atoms with Crippen molar-refractivity contribution in [2.75, 3.05) is 47.8 Å². The Bertz CT molecular complexity index is 1010. The highest BCUT2D eigenvalue weighted by molar-refractivity contribution is 6.14. The summed E-state index contributed by atoms with van der Waals surface area (Å²) in [6, 6.07) is 15.1. The minimum Gasteiger partial charge on any atom is -0.369 e. The molecular weight excluding hydrogens is 392 g/mol. The van der Waals surface area contributed by atoms with Crippen LogP contribution in [0.3, 0.4) is 0 Å². The van der Waals surface area contributed by atoms with Gasteiger partial charge in [0.2, 0.25) is 11.8 Å². The number of rotatable bonds is 4. The highest BCUT2D eigenvalue weighted by Crippen LogP contribution is 2.36. The van der Waals surface area contributed by atoms with Crippen molar-refractivity contribution in [1.29, 1.82) is 0 Å². The molecular formula is C24H28N4O3. The molecule has 0 aliphatic carbocycles. The van der Waals surface area contributed by atoms with Crippen molar-refractivity contribution < 1.29 is 14.4 Å². The average Bonchev–Trinajstić information content (AvgIpc) is 2.75. The second kappa shape index (κ2) is 8.15. The Balaban J connectivity index is 1.42. The Morgan fingerprint density at radius 3 is 2.26 bits per heavy atom. The van der Waals surface area contributed by atoms with Gasteiger partial charge in [0.05, 0.1) is 17.9 Å². The lowest BCUT2D eigenvalue weighted by Gasteiger charge is -2.43. The fraction of sp³-hybridized carbons (Fsp3) is 0.375. The number of nitrogens with zero attached hydrogens (tertiary/aromatic N) is 3. The lowest BCUT2D eigenvalue weighted by Crippen LogP contribution is -2.61. The summed E-state index contributed by atoms with van der Waals surface area (Å²) in [4.78, 5) is 43.4. The van der Waals surface area contributed by atoms with E-state index in [0.717, 1.165) is 37.6 Å². The molecule has 0 radical (unpaired) electrons. The molecule has 1 N–H and O–H groups in total. The number of fused-ring (bicyclic) bond motifs is 1. The van der Waals surface area contributed by atoms with Gasteiger partial charge >= 0.3 is 0 Å². The molecule has 2 aromatic carbocycles. The van der Waals surface area contributed by atoms with Crippen LogP contribution in [0.25, 0.3) is 0 Å². The molecule has 1 saturated heterocycles. The summed E-state index contributed by atoms with van der Waals surface area (Å²) < 4.78 is 0. The lowest BCUT2D eigenvalue weighted by atomic mass is 9.96. The van der Waals surface area contributed by atoms with Crippen molar-refractivity contribution in [3.05, 3.63) is 54.1 Å². The SMILES string of the molecule is CC(=O)c1ccc(N2CCN(CC(=O)N3c4ccccc4NC(=O)C3(C)C)CC2)cc1. The molecule has 4 rings (SSSR count). The van der Waals surface area contributed by atoms with Crippen molar-refractivity contribution in [2.24, 2.45) is 0 Å². The van der Waals surface area contributed by atoms with Crippen LogP contribution < -0.4 is 15.1 Å². The molecule has 0 atom stereocenters. The van der Waals surface area contributed by atoms with E-state index < -0.39 is 5.54 Å². The third-order valence-corrected chi connectivity index (χ3v) is 6.13. The van der Waals surface area contributed by atoms with Crippen LogP contribution in [0.4, 0.5) is 17.1 Å². The molecule has 2 amide bonds. The van der Waals surface area contributed by atoms with Crippen LogP contribution in [-0.4, -0.2) is 60.8 Å². The Labute approximate surface area is 182 Å². The molecule has 2 aromatic rings. The molecule has 7 heteroatoms. The third-order valence-electron chi connectivity index (χ3n) is 6.13. The zero-order valence-corrected chi connectivity index (χ0v) is 18.2. The van der Waals surface area contributed by atoms with Gasteiger partial charge in [-0.2, -0.15) is 0 Å². The fourth-order valence-corrected chi connectivity index (χ4v) is 4.23. The highest BCUT2D eigenvalue weighted by Gasteiger charge is 2.43. The van der Waals surface area contributed by atoms with Crippen molar-refractivity contribution in [3.8, 4) is 0 Å². The maximum absolute atomic E-state index is 13.3. The summed E-state index contributed by atoms with van der Waals surface area (Å²) in [5, 5.41) is 2.90. The number of anilines is 3. The quantitative estimate of drug-likeness (QED) is 0.770. The van der Waals surface area contributed by atoms with Crippen LogP contribution in [0.5, 0.6) is 0 Å². The number of hydrogen-bond donors (Lipinski definition) is 1. The summed E-state index contributed by atoms with van der Waals surface area (Å²) in [6.45, 7) is 8.49. The maximum Gasteiger partial charge on any atom is 0.250 e. The van der Waals surface area contributed by atoms with Gasteiger partial charge in [-0.25, -0.2) is 0 Å². The molecule has 2 aliphatic heterocycles. The molecule has 0 bridgehead atoms. The van der Waals surface area contributed by atoms with E-state index in [4.69, 9.17) is 0 Å². The first-order valence-corrected chi connectivity index (χ1v) is 10.6. The van der Waals surface area contributed by atoms with Crippen LogP contribution in [-0.2, 0) is 9.59 Å². The molecule has 1 fully saturated rings. The molecule has 2 aliphatic rings. The second-order valence-corrected chi connectivity index (χ2v) is 8.63. The van der Waals surface area contributed by atoms with Crippen molar-refractivity contribution in [2.45, 2.75) is 26.3 Å². The minimum atomic E-state index is -0.953. The first kappa shape index (κ1) is 21.1. The van der Waals surface area contributed by atoms with Crippen LogP contribution in [0, 0.1) is 0 Å². The van der Waals surface area contributed by atoms with Gasteiger partial charge in [0.15, 0.2) is 5.78 Å². The van der Waals surface area contributed by atoms with E-state index in [1.165, 1.54) is 0 Å². The standard InChI is InChI=1S/C24H28N4O3/c1-17(29)18-8-10-19(11-9-18)27-14-12-26(13-15-27)16-22(30)28-21-7-5-4-6-20(21)25-23(31)24(28,2)3/h4-11H,12-16H2,1-3H3,(H,25,31). The largest absolute Gasteiger partial charge is 0.369 e. The zero-order valence-electron chi connectivity index (χ0n) is 18.2. The van der Waals surface area contributed by atoms with Gasteiger partial charge in [-0.05, 0) is 57.2 Å². The summed E-state index contributed by atoms with van der Waals surface area (Å²) in [5.74, 6) is -0.198. The fourth-order valence-electron chi connectivity index (χ4n) is 4.23. The van der Waals surface area contributed by atoms with Gasteiger partial charge in [0.1, 0.15) is 5.54 Å². The minimum absolute atomic E-state index is 0.0609. The Morgan fingerprint density at radius 1 is 0.968 bits per heavy atom. The van der Waals surface area contributed by atoms with E-state index in [1.807, 2.05) is 48.5 Å². The second-order valence-electron chi connectivity index (χ2n) is 8.63. The van der Waals surface area contributed by atoms with E-state index in [1.54, 1.807) is 25.7 Å². The molecule has 31 heavy (non-hydrogen) atoms. The number of carbonyl (C=O) groups excluding carboxylic acids is 3. The van der Waals surface area contributed by atoms with Gasteiger partial charge in [-0.1, -0.05) is 12.1 Å². The van der Waals surface area contributed by atoms with Gasteiger partial charge in [-0.15, -0.1) is 0 Å². The maximum atomic E-state index is 13.3. The summed E-state index contributed by atoms with van der Waals surface area (Å²) in [7, 11) is 0. The number of nitrogens with one attached hydrogen (secondary N) is 1. The number of carbonyl (C=O) groups is 3. The van der Waals surface area contributed by atoms with Crippen LogP contribution >= 0.6 is 0 Å². The van der Waals surface area contributed by atoms with Gasteiger partial charge in [0.25, 0.3) is 0 Å². The van der Waals surface area contributed by atoms with E-state index in [9.17, 15) is 14.4 Å². The molecule has 7 nitrogen and oxygen atoms in total. The Hall–Kier alpha value is -3.19. The summed E-state index contributed by atoms with van der Waals surface area (Å²) >= 11 is 0. The van der Waals surface area contributed by atoms with Crippen molar-refractivity contribution >= 4 is 34.7 Å². The summed E-state index contributed by atoms with van der Waals surface area (Å²) in [5.41, 5.74) is 2.24. The Kier molecular flexibility index (Phi) is 5.54. The van der Waals surface area contributed by atoms with Gasteiger partial charge in [0, 0.05) is 37.4 Å². The third kappa shape index (κ3) is 4.05. The molecule has 0 aromatic heterocycles. The average molecular weight is 421 g/mol. The Morgan fingerprint density at radius 2 is 1.61 bits per heavy atom. The predicted octanol–water partition coefficient (Wildman–Crippen LogP) is 2.78. The van der Waals surface area contributed by atoms with E-state index in [0.29, 0.717) is 11.3 Å². The molecule has 0 saturated carbocycles. The first-order valence-electron chi connectivity index (χ1n) is 10.6. The zero-order chi connectivity index (χ0) is 22.2. The molecule has 2 heterocycles. The molecule has 162 valence electrons. The molecule has 0 unspecified atom stereocenters. The number of ketones is 1. The smallest absolute Gasteiger partial charge is 0.250 e. The van der Waals surface area contributed by atoms with Crippen LogP contribution in [0.15, 0.2) is 48.5 Å². The van der Waals surface area contributed by atoms with E-state index in [-0.39, 0.29) is 24.1 Å². The monoisotopic (exact) mass is 420 g/mol. The highest BCUT2D eigenvalue weighted by atomic mass is 16.2. The number of hydrogen-bond acceptors (Lipinski definition) is 5. The normalized spacial score (nSPS) is 18.4. The van der Waals surface area contributed by atoms with Crippen LogP contribution in [0.1, 0.15) is 31.1 Å². The lowest BCUT2D eigenvalue weighted by molar-refractivity contribution is -0.127. The number of Topliss-reactive ketones (excluding diaryl/α,β-unsaturated/α-hetero) is 1.